The molecule has 0 aliphatic carbocycles. The zero-order valence-electron chi connectivity index (χ0n) is 12.0. The first-order valence-corrected chi connectivity index (χ1v) is 6.79. The number of nitrogens with one attached hydrogen (secondary N) is 1. The Kier molecular flexibility index (Phi) is 3.85. The van der Waals surface area contributed by atoms with Crippen LogP contribution < -0.4 is 5.32 Å². The van der Waals surface area contributed by atoms with Crippen LogP contribution >= 0.6 is 0 Å². The number of nitrogens with zero attached hydrogens (tertiary/aromatic N) is 3. The summed E-state index contributed by atoms with van der Waals surface area (Å²) in [5.74, 6) is 1.88. The molecule has 2 heterocycles. The Labute approximate surface area is 110 Å². The van der Waals surface area contributed by atoms with Crippen molar-refractivity contribution in [3.63, 3.8) is 0 Å². The monoisotopic (exact) mass is 248 g/mol. The summed E-state index contributed by atoms with van der Waals surface area (Å²) in [5, 5.41) is 3.26. The lowest BCUT2D eigenvalue weighted by Crippen LogP contribution is -2.24. The second-order valence-electron chi connectivity index (χ2n) is 5.97. The standard InChI is InChI=1S/C14H24N4/c1-5-15-12-8-11(2)16-13(17-12)9-18-7-6-14(3,4)10-18/h8H,5-7,9-10H2,1-4H3,(H,15,16,17). The van der Waals surface area contributed by atoms with Gasteiger partial charge in [-0.2, -0.15) is 0 Å². The maximum atomic E-state index is 4.57. The van der Waals surface area contributed by atoms with Gasteiger partial charge in [-0.25, -0.2) is 9.97 Å². The Morgan fingerprint density at radius 1 is 1.39 bits per heavy atom. The molecule has 1 fully saturated rings. The third kappa shape index (κ3) is 3.42. The van der Waals surface area contributed by atoms with E-state index in [2.05, 4.69) is 41.0 Å². The Hall–Kier alpha value is -1.16. The van der Waals surface area contributed by atoms with Crippen LogP contribution in [0.1, 0.15) is 38.7 Å². The van der Waals surface area contributed by atoms with E-state index in [9.17, 15) is 0 Å². The fourth-order valence-electron chi connectivity index (χ4n) is 2.53. The summed E-state index contributed by atoms with van der Waals surface area (Å²) in [6.07, 6.45) is 1.26. The molecule has 100 valence electrons. The van der Waals surface area contributed by atoms with Gasteiger partial charge in [-0.05, 0) is 32.2 Å². The molecule has 0 unspecified atom stereocenters. The van der Waals surface area contributed by atoms with Gasteiger partial charge in [0.25, 0.3) is 0 Å². The summed E-state index contributed by atoms with van der Waals surface area (Å²) in [5.41, 5.74) is 1.48. The molecule has 0 spiro atoms. The van der Waals surface area contributed by atoms with Crippen molar-refractivity contribution in [1.29, 1.82) is 0 Å². The van der Waals surface area contributed by atoms with Crippen LogP contribution in [-0.4, -0.2) is 34.5 Å². The molecular formula is C14H24N4. The summed E-state index contributed by atoms with van der Waals surface area (Å²) in [6, 6.07) is 2.00. The highest BCUT2D eigenvalue weighted by atomic mass is 15.2. The van der Waals surface area contributed by atoms with E-state index in [1.54, 1.807) is 0 Å². The number of anilines is 1. The van der Waals surface area contributed by atoms with E-state index < -0.39 is 0 Å². The summed E-state index contributed by atoms with van der Waals surface area (Å²) in [7, 11) is 0. The maximum absolute atomic E-state index is 4.57. The first kappa shape index (κ1) is 13.3. The number of rotatable bonds is 4. The molecule has 1 saturated heterocycles. The van der Waals surface area contributed by atoms with E-state index in [1.165, 1.54) is 6.42 Å². The predicted octanol–water partition coefficient (Wildman–Crippen LogP) is 2.45. The molecule has 2 rings (SSSR count). The molecule has 4 heteroatoms. The molecule has 4 nitrogen and oxygen atoms in total. The largest absolute Gasteiger partial charge is 0.370 e. The van der Waals surface area contributed by atoms with Gasteiger partial charge in [-0.3, -0.25) is 4.90 Å². The summed E-state index contributed by atoms with van der Waals surface area (Å²) < 4.78 is 0. The zero-order chi connectivity index (χ0) is 13.2. The van der Waals surface area contributed by atoms with Crippen LogP contribution in [0.5, 0.6) is 0 Å². The summed E-state index contributed by atoms with van der Waals surface area (Å²) >= 11 is 0. The molecule has 1 N–H and O–H groups in total. The van der Waals surface area contributed by atoms with Crippen molar-refractivity contribution in [1.82, 2.24) is 14.9 Å². The summed E-state index contributed by atoms with van der Waals surface area (Å²) in [6.45, 7) is 12.8. The molecule has 1 aromatic heterocycles. The molecule has 0 amide bonds. The quantitative estimate of drug-likeness (QED) is 0.888. The molecule has 0 atom stereocenters. The van der Waals surface area contributed by atoms with Gasteiger partial charge in [0.1, 0.15) is 11.6 Å². The Morgan fingerprint density at radius 2 is 2.17 bits per heavy atom. The van der Waals surface area contributed by atoms with Crippen molar-refractivity contribution in [3.05, 3.63) is 17.6 Å². The molecule has 0 saturated carbocycles. The fourth-order valence-corrected chi connectivity index (χ4v) is 2.53. The highest BCUT2D eigenvalue weighted by Crippen LogP contribution is 2.29. The maximum Gasteiger partial charge on any atom is 0.144 e. The van der Waals surface area contributed by atoms with E-state index in [4.69, 9.17) is 0 Å². The van der Waals surface area contributed by atoms with E-state index in [1.807, 2.05) is 13.0 Å². The van der Waals surface area contributed by atoms with Crippen molar-refractivity contribution >= 4 is 5.82 Å². The minimum Gasteiger partial charge on any atom is -0.370 e. The van der Waals surface area contributed by atoms with Crippen LogP contribution in [0.15, 0.2) is 6.07 Å². The molecule has 1 aliphatic heterocycles. The minimum absolute atomic E-state index is 0.439. The van der Waals surface area contributed by atoms with Gasteiger partial charge in [0.15, 0.2) is 0 Å². The van der Waals surface area contributed by atoms with E-state index in [-0.39, 0.29) is 0 Å². The number of hydrogen-bond donors (Lipinski definition) is 1. The predicted molar refractivity (Wildman–Crippen MR) is 74.6 cm³/mol. The van der Waals surface area contributed by atoms with Crippen LogP contribution in [0.4, 0.5) is 5.82 Å². The molecule has 18 heavy (non-hydrogen) atoms. The average molecular weight is 248 g/mol. The van der Waals surface area contributed by atoms with Crippen molar-refractivity contribution in [2.24, 2.45) is 5.41 Å². The number of aryl methyl sites for hydroxylation is 1. The topological polar surface area (TPSA) is 41.1 Å². The van der Waals surface area contributed by atoms with Gasteiger partial charge in [-0.1, -0.05) is 13.8 Å². The van der Waals surface area contributed by atoms with Gasteiger partial charge in [-0.15, -0.1) is 0 Å². The Bertz CT molecular complexity index is 414. The van der Waals surface area contributed by atoms with Gasteiger partial charge in [0.05, 0.1) is 6.54 Å². The van der Waals surface area contributed by atoms with Crippen molar-refractivity contribution in [2.75, 3.05) is 25.0 Å². The molecule has 1 aliphatic rings. The first-order valence-electron chi connectivity index (χ1n) is 6.79. The van der Waals surface area contributed by atoms with Crippen molar-refractivity contribution in [3.8, 4) is 0 Å². The normalized spacial score (nSPS) is 19.1. The van der Waals surface area contributed by atoms with Crippen LogP contribution in [0.2, 0.25) is 0 Å². The van der Waals surface area contributed by atoms with Gasteiger partial charge < -0.3 is 5.32 Å². The lowest BCUT2D eigenvalue weighted by Gasteiger charge is -2.19. The molecule has 0 bridgehead atoms. The molecular weight excluding hydrogens is 224 g/mol. The smallest absolute Gasteiger partial charge is 0.144 e. The second kappa shape index (κ2) is 5.22. The van der Waals surface area contributed by atoms with Crippen molar-refractivity contribution in [2.45, 2.75) is 40.7 Å². The fraction of sp³-hybridized carbons (Fsp3) is 0.714. The van der Waals surface area contributed by atoms with Crippen LogP contribution in [0.25, 0.3) is 0 Å². The van der Waals surface area contributed by atoms with Crippen molar-refractivity contribution < 1.29 is 0 Å². The minimum atomic E-state index is 0.439. The average Bonchev–Trinajstić information content (AvgIpc) is 2.57. The van der Waals surface area contributed by atoms with E-state index in [0.717, 1.165) is 43.5 Å². The van der Waals surface area contributed by atoms with Crippen LogP contribution in [0.3, 0.4) is 0 Å². The third-order valence-corrected chi connectivity index (χ3v) is 3.38. The van der Waals surface area contributed by atoms with Gasteiger partial charge >= 0.3 is 0 Å². The SMILES string of the molecule is CCNc1cc(C)nc(CN2CCC(C)(C)C2)n1. The first-order chi connectivity index (χ1) is 8.48. The molecule has 0 radical (unpaired) electrons. The lowest BCUT2D eigenvalue weighted by molar-refractivity contribution is 0.278. The third-order valence-electron chi connectivity index (χ3n) is 3.38. The Morgan fingerprint density at radius 3 is 2.78 bits per heavy atom. The lowest BCUT2D eigenvalue weighted by atomic mass is 9.93. The number of hydrogen-bond acceptors (Lipinski definition) is 4. The van der Waals surface area contributed by atoms with Crippen LogP contribution in [-0.2, 0) is 6.54 Å². The second-order valence-corrected chi connectivity index (χ2v) is 5.97. The zero-order valence-corrected chi connectivity index (χ0v) is 12.0. The molecule has 0 aromatic carbocycles. The van der Waals surface area contributed by atoms with Gasteiger partial charge in [0.2, 0.25) is 0 Å². The number of aromatic nitrogens is 2. The Balaban J connectivity index is 2.05. The summed E-state index contributed by atoms with van der Waals surface area (Å²) in [4.78, 5) is 11.6. The highest BCUT2D eigenvalue weighted by molar-refractivity contribution is 5.35. The van der Waals surface area contributed by atoms with Gasteiger partial charge in [0, 0.05) is 24.8 Å². The van der Waals surface area contributed by atoms with Crippen LogP contribution in [0, 0.1) is 12.3 Å². The molecule has 1 aromatic rings. The highest BCUT2D eigenvalue weighted by Gasteiger charge is 2.29. The van der Waals surface area contributed by atoms with E-state index in [0.29, 0.717) is 5.41 Å². The number of likely N-dealkylation sites (tertiary alicyclic amines) is 1. The van der Waals surface area contributed by atoms with E-state index >= 15 is 0 Å².